The summed E-state index contributed by atoms with van der Waals surface area (Å²) in [6.07, 6.45) is 0. The maximum absolute atomic E-state index is 13.5. The van der Waals surface area contributed by atoms with Crippen molar-refractivity contribution >= 4 is 32.8 Å². The summed E-state index contributed by atoms with van der Waals surface area (Å²) in [6, 6.07) is 7.43. The van der Waals surface area contributed by atoms with Gasteiger partial charge in [-0.05, 0) is 30.3 Å². The molecule has 114 valence electrons. The minimum Gasteiger partial charge on any atom is -0.207 e. The van der Waals surface area contributed by atoms with E-state index in [1.165, 1.54) is 6.07 Å². The van der Waals surface area contributed by atoms with Crippen LogP contribution in [0, 0.1) is 11.6 Å². The van der Waals surface area contributed by atoms with Gasteiger partial charge in [-0.1, -0.05) is 6.07 Å². The zero-order valence-corrected chi connectivity index (χ0v) is 12.6. The van der Waals surface area contributed by atoms with Crippen LogP contribution in [-0.4, -0.2) is 17.2 Å². The molecule has 0 radical (unpaired) electrons. The van der Waals surface area contributed by atoms with Gasteiger partial charge in [-0.2, -0.15) is 8.75 Å². The van der Waals surface area contributed by atoms with E-state index in [1.807, 2.05) is 0 Å². The number of sulfonamides is 1. The predicted molar refractivity (Wildman–Crippen MR) is 77.8 cm³/mol. The van der Waals surface area contributed by atoms with Crippen LogP contribution >= 0.6 is 11.7 Å². The van der Waals surface area contributed by atoms with Crippen molar-refractivity contribution in [1.82, 2.24) is 13.5 Å². The molecule has 9 heteroatoms. The molecule has 0 aliphatic heterocycles. The van der Waals surface area contributed by atoms with Crippen molar-refractivity contribution in [2.45, 2.75) is 11.4 Å². The van der Waals surface area contributed by atoms with Crippen molar-refractivity contribution in [2.24, 2.45) is 0 Å². The number of fused-ring (bicyclic) bond motifs is 1. The Bertz CT molecular complexity index is 941. The maximum Gasteiger partial charge on any atom is 0.243 e. The summed E-state index contributed by atoms with van der Waals surface area (Å²) in [5.41, 5.74) is 0.636. The highest BCUT2D eigenvalue weighted by molar-refractivity contribution is 7.89. The highest BCUT2D eigenvalue weighted by Gasteiger charge is 2.19. The number of hydrogen-bond acceptors (Lipinski definition) is 5. The second-order valence-corrected chi connectivity index (χ2v) is 6.71. The summed E-state index contributed by atoms with van der Waals surface area (Å²) in [5.74, 6) is -1.32. The van der Waals surface area contributed by atoms with Crippen LogP contribution in [0.25, 0.3) is 11.0 Å². The lowest BCUT2D eigenvalue weighted by molar-refractivity contribution is 0.567. The molecule has 0 saturated heterocycles. The van der Waals surface area contributed by atoms with E-state index in [-0.39, 0.29) is 22.5 Å². The Morgan fingerprint density at radius 2 is 1.95 bits per heavy atom. The summed E-state index contributed by atoms with van der Waals surface area (Å²) >= 11 is 0.900. The molecule has 3 rings (SSSR count). The van der Waals surface area contributed by atoms with Gasteiger partial charge in [0.1, 0.15) is 27.6 Å². The lowest BCUT2D eigenvalue weighted by Gasteiger charge is -2.08. The van der Waals surface area contributed by atoms with Crippen LogP contribution in [0.3, 0.4) is 0 Å². The second kappa shape index (κ2) is 5.67. The fourth-order valence-electron chi connectivity index (χ4n) is 1.93. The predicted octanol–water partition coefficient (Wildman–Crippen LogP) is 2.45. The topological polar surface area (TPSA) is 72.0 Å². The second-order valence-electron chi connectivity index (χ2n) is 4.45. The molecule has 0 aliphatic carbocycles. The van der Waals surface area contributed by atoms with Crippen molar-refractivity contribution in [1.29, 1.82) is 0 Å². The molecular weight excluding hydrogens is 332 g/mol. The van der Waals surface area contributed by atoms with Gasteiger partial charge >= 0.3 is 0 Å². The molecule has 5 nitrogen and oxygen atoms in total. The van der Waals surface area contributed by atoms with Crippen molar-refractivity contribution in [3.8, 4) is 0 Å². The molecule has 22 heavy (non-hydrogen) atoms. The SMILES string of the molecule is O=S(=O)(NCc1cc(F)ccc1F)c1cccc2nsnc12. The van der Waals surface area contributed by atoms with Gasteiger partial charge in [0.25, 0.3) is 0 Å². The van der Waals surface area contributed by atoms with E-state index in [2.05, 4.69) is 13.5 Å². The first kappa shape index (κ1) is 14.9. The molecule has 2 aromatic carbocycles. The number of benzene rings is 2. The standard InChI is InChI=1S/C13H9F2N3O2S2/c14-9-4-5-10(15)8(6-9)7-16-22(19,20)12-3-1-2-11-13(12)18-21-17-11/h1-6,16H,7H2. The van der Waals surface area contributed by atoms with E-state index in [0.29, 0.717) is 5.52 Å². The molecule has 0 fully saturated rings. The molecule has 0 atom stereocenters. The van der Waals surface area contributed by atoms with Crippen molar-refractivity contribution in [3.05, 3.63) is 53.6 Å². The van der Waals surface area contributed by atoms with Crippen LogP contribution in [0.2, 0.25) is 0 Å². The highest BCUT2D eigenvalue weighted by Crippen LogP contribution is 2.21. The molecule has 0 spiro atoms. The van der Waals surface area contributed by atoms with E-state index in [0.717, 1.165) is 29.9 Å². The van der Waals surface area contributed by atoms with Gasteiger partial charge < -0.3 is 0 Å². The van der Waals surface area contributed by atoms with Crippen LogP contribution < -0.4 is 4.72 Å². The zero-order valence-electron chi connectivity index (χ0n) is 11.0. The lowest BCUT2D eigenvalue weighted by Crippen LogP contribution is -2.24. The molecular formula is C13H9F2N3O2S2. The number of aromatic nitrogens is 2. The van der Waals surface area contributed by atoms with E-state index in [1.54, 1.807) is 12.1 Å². The first-order chi connectivity index (χ1) is 10.5. The third-order valence-corrected chi connectivity index (χ3v) is 4.97. The number of halogens is 2. The van der Waals surface area contributed by atoms with Crippen molar-refractivity contribution < 1.29 is 17.2 Å². The Labute approximate surface area is 129 Å². The Hall–Kier alpha value is -1.97. The summed E-state index contributed by atoms with van der Waals surface area (Å²) < 4.78 is 61.4. The zero-order chi connectivity index (χ0) is 15.7. The summed E-state index contributed by atoms with van der Waals surface area (Å²) in [5, 5.41) is 0. The fourth-order valence-corrected chi connectivity index (χ4v) is 3.70. The first-order valence-corrected chi connectivity index (χ1v) is 8.33. The fraction of sp³-hybridized carbons (Fsp3) is 0.0769. The molecule has 0 saturated carbocycles. The minimum absolute atomic E-state index is 0.0458. The number of nitrogens with zero attached hydrogens (tertiary/aromatic N) is 2. The van der Waals surface area contributed by atoms with Gasteiger partial charge in [-0.25, -0.2) is 21.9 Å². The van der Waals surface area contributed by atoms with E-state index in [9.17, 15) is 17.2 Å². The van der Waals surface area contributed by atoms with Gasteiger partial charge in [0.15, 0.2) is 0 Å². The van der Waals surface area contributed by atoms with Crippen LogP contribution in [0.1, 0.15) is 5.56 Å². The molecule has 1 heterocycles. The molecule has 1 N–H and O–H groups in total. The average Bonchev–Trinajstić information content (AvgIpc) is 2.96. The monoisotopic (exact) mass is 341 g/mol. The molecule has 0 unspecified atom stereocenters. The number of rotatable bonds is 4. The third-order valence-electron chi connectivity index (χ3n) is 3.00. The van der Waals surface area contributed by atoms with Gasteiger partial charge in [-0.3, -0.25) is 0 Å². The molecule has 0 amide bonds. The van der Waals surface area contributed by atoms with E-state index in [4.69, 9.17) is 0 Å². The van der Waals surface area contributed by atoms with Gasteiger partial charge in [0.05, 0.1) is 11.7 Å². The number of hydrogen-bond donors (Lipinski definition) is 1. The van der Waals surface area contributed by atoms with Gasteiger partial charge in [0, 0.05) is 12.1 Å². The Morgan fingerprint density at radius 3 is 2.77 bits per heavy atom. The molecule has 1 aromatic heterocycles. The van der Waals surface area contributed by atoms with Crippen molar-refractivity contribution in [2.75, 3.05) is 0 Å². The van der Waals surface area contributed by atoms with Crippen molar-refractivity contribution in [3.63, 3.8) is 0 Å². The average molecular weight is 341 g/mol. The normalized spacial score (nSPS) is 11.9. The van der Waals surface area contributed by atoms with Gasteiger partial charge in [-0.15, -0.1) is 0 Å². The summed E-state index contributed by atoms with van der Waals surface area (Å²) in [6.45, 7) is -0.361. The lowest BCUT2D eigenvalue weighted by atomic mass is 10.2. The molecule has 3 aromatic rings. The Morgan fingerprint density at radius 1 is 1.14 bits per heavy atom. The maximum atomic E-state index is 13.5. The smallest absolute Gasteiger partial charge is 0.207 e. The summed E-state index contributed by atoms with van der Waals surface area (Å²) in [4.78, 5) is -0.0458. The molecule has 0 aliphatic rings. The highest BCUT2D eigenvalue weighted by atomic mass is 32.2. The van der Waals surface area contributed by atoms with E-state index >= 15 is 0 Å². The summed E-state index contributed by atoms with van der Waals surface area (Å²) in [7, 11) is -3.92. The Balaban J connectivity index is 1.91. The minimum atomic E-state index is -3.92. The Kier molecular flexibility index (Phi) is 3.85. The van der Waals surface area contributed by atoms with Gasteiger partial charge in [0.2, 0.25) is 10.0 Å². The van der Waals surface area contributed by atoms with Crippen LogP contribution in [-0.2, 0) is 16.6 Å². The molecule has 0 bridgehead atoms. The van der Waals surface area contributed by atoms with Crippen LogP contribution in [0.15, 0.2) is 41.3 Å². The largest absolute Gasteiger partial charge is 0.243 e. The quantitative estimate of drug-likeness (QED) is 0.791. The number of nitrogens with one attached hydrogen (secondary N) is 1. The van der Waals surface area contributed by atoms with E-state index < -0.39 is 21.7 Å². The first-order valence-electron chi connectivity index (χ1n) is 6.12. The van der Waals surface area contributed by atoms with Crippen LogP contribution in [0.5, 0.6) is 0 Å². The van der Waals surface area contributed by atoms with Crippen LogP contribution in [0.4, 0.5) is 8.78 Å². The third kappa shape index (κ3) is 2.82.